The van der Waals surface area contributed by atoms with Crippen molar-refractivity contribution in [2.24, 2.45) is 0 Å². The molecule has 0 fully saturated rings. The number of nitrogens with zero attached hydrogens (tertiary/aromatic N) is 1. The molecule has 2 heterocycles. The summed E-state index contributed by atoms with van der Waals surface area (Å²) in [6, 6.07) is 0. The first-order valence-corrected chi connectivity index (χ1v) is 6.68. The third-order valence-corrected chi connectivity index (χ3v) is 5.89. The smallest absolute Gasteiger partial charge is 0.107 e. The lowest BCUT2D eigenvalue weighted by molar-refractivity contribution is 1.35. The summed E-state index contributed by atoms with van der Waals surface area (Å²) in [5, 5.41) is 1.17. The van der Waals surface area contributed by atoms with Crippen LogP contribution in [0.25, 0.3) is 10.2 Å². The Hall–Kier alpha value is 1.05. The lowest BCUT2D eigenvalue weighted by atomic mass is 10.6. The molecule has 0 saturated carbocycles. The molecule has 11 heavy (non-hydrogen) atoms. The molecule has 0 amide bonds. The Morgan fingerprint density at radius 1 is 1.18 bits per heavy atom. The highest BCUT2D eigenvalue weighted by Crippen LogP contribution is 2.36. The summed E-state index contributed by atoms with van der Waals surface area (Å²) in [7, 11) is 0. The number of hydrogen-bond acceptors (Lipinski definition) is 3. The highest BCUT2D eigenvalue weighted by Gasteiger charge is 2.10. The molecule has 0 bridgehead atoms. The van der Waals surface area contributed by atoms with E-state index in [0.29, 0.717) is 0 Å². The van der Waals surface area contributed by atoms with Crippen LogP contribution in [0.4, 0.5) is 0 Å². The zero-order chi connectivity index (χ0) is 8.01. The molecule has 0 unspecified atom stereocenters. The maximum Gasteiger partial charge on any atom is 0.107 e. The molecule has 2 rings (SSSR count). The minimum atomic E-state index is 1.17. The fraction of sp³-hybridized carbons (Fsp3) is 0.167. The highest BCUT2D eigenvalue weighted by molar-refractivity contribution is 14.1. The second-order valence-electron chi connectivity index (χ2n) is 2.06. The van der Waals surface area contributed by atoms with Crippen molar-refractivity contribution in [3.05, 3.63) is 10.8 Å². The standard InChI is InChI=1S/C6H3I2NS2/c1-2-9-3-4(10-2)6(8)11-5(3)7/h1H3. The zero-order valence-corrected chi connectivity index (χ0v) is 11.5. The average Bonchev–Trinajstić information content (AvgIpc) is 2.38. The minimum Gasteiger partial charge on any atom is -0.239 e. The maximum atomic E-state index is 4.45. The van der Waals surface area contributed by atoms with E-state index in [1.165, 1.54) is 21.0 Å². The van der Waals surface area contributed by atoms with Crippen molar-refractivity contribution in [3.63, 3.8) is 0 Å². The molecule has 0 aliphatic rings. The van der Waals surface area contributed by atoms with Crippen molar-refractivity contribution in [3.8, 4) is 0 Å². The second-order valence-corrected chi connectivity index (χ2v) is 7.91. The van der Waals surface area contributed by atoms with Crippen LogP contribution in [0.3, 0.4) is 0 Å². The van der Waals surface area contributed by atoms with Gasteiger partial charge in [0.05, 0.1) is 15.5 Å². The van der Waals surface area contributed by atoms with Crippen LogP contribution < -0.4 is 0 Å². The summed E-state index contributed by atoms with van der Waals surface area (Å²) in [4.78, 5) is 4.45. The van der Waals surface area contributed by atoms with Gasteiger partial charge in [0.15, 0.2) is 0 Å². The van der Waals surface area contributed by atoms with E-state index in [2.05, 4.69) is 57.1 Å². The molecular weight excluding hydrogens is 404 g/mol. The Morgan fingerprint density at radius 3 is 2.55 bits per heavy atom. The number of hydrogen-bond donors (Lipinski definition) is 0. The van der Waals surface area contributed by atoms with Gasteiger partial charge in [-0.2, -0.15) is 0 Å². The Morgan fingerprint density at radius 2 is 1.91 bits per heavy atom. The Kier molecular flexibility index (Phi) is 2.42. The van der Waals surface area contributed by atoms with E-state index >= 15 is 0 Å². The van der Waals surface area contributed by atoms with E-state index in [0.717, 1.165) is 0 Å². The summed E-state index contributed by atoms with van der Waals surface area (Å²) >= 11 is 8.33. The number of halogens is 2. The first-order chi connectivity index (χ1) is 5.18. The lowest BCUT2D eigenvalue weighted by Crippen LogP contribution is -1.65. The van der Waals surface area contributed by atoms with Gasteiger partial charge in [0, 0.05) is 0 Å². The number of aryl methyl sites for hydroxylation is 1. The molecule has 58 valence electrons. The molecule has 1 nitrogen and oxygen atoms in total. The largest absolute Gasteiger partial charge is 0.239 e. The lowest BCUT2D eigenvalue weighted by Gasteiger charge is -1.76. The number of thiophene rings is 1. The van der Waals surface area contributed by atoms with Gasteiger partial charge in [-0.3, -0.25) is 0 Å². The predicted octanol–water partition coefficient (Wildman–Crippen LogP) is 3.88. The molecule has 0 aromatic carbocycles. The van der Waals surface area contributed by atoms with Gasteiger partial charge in [-0.25, -0.2) is 4.98 Å². The van der Waals surface area contributed by atoms with Gasteiger partial charge in [0.1, 0.15) is 5.52 Å². The number of thiazole rings is 1. The van der Waals surface area contributed by atoms with E-state index in [4.69, 9.17) is 0 Å². The number of rotatable bonds is 0. The molecule has 0 aliphatic heterocycles. The topological polar surface area (TPSA) is 12.9 Å². The molecule has 0 N–H and O–H groups in total. The van der Waals surface area contributed by atoms with E-state index in [-0.39, 0.29) is 0 Å². The molecule has 0 spiro atoms. The van der Waals surface area contributed by atoms with Gasteiger partial charge in [-0.05, 0) is 52.1 Å². The Bertz CT molecular complexity index is 369. The monoisotopic (exact) mass is 407 g/mol. The van der Waals surface area contributed by atoms with Gasteiger partial charge in [0.2, 0.25) is 0 Å². The van der Waals surface area contributed by atoms with Gasteiger partial charge >= 0.3 is 0 Å². The summed E-state index contributed by atoms with van der Waals surface area (Å²) in [5.41, 5.74) is 1.20. The fourth-order valence-electron chi connectivity index (χ4n) is 0.867. The van der Waals surface area contributed by atoms with Crippen molar-refractivity contribution < 1.29 is 0 Å². The number of aromatic nitrogens is 1. The van der Waals surface area contributed by atoms with Crippen LogP contribution in [0, 0.1) is 12.7 Å². The molecule has 0 saturated heterocycles. The molecule has 0 radical (unpaired) electrons. The van der Waals surface area contributed by atoms with E-state index in [1.807, 2.05) is 11.3 Å². The van der Waals surface area contributed by atoms with Crippen molar-refractivity contribution in [2.45, 2.75) is 6.92 Å². The van der Waals surface area contributed by atoms with Crippen LogP contribution in [0.2, 0.25) is 0 Å². The van der Waals surface area contributed by atoms with E-state index < -0.39 is 0 Å². The highest BCUT2D eigenvalue weighted by atomic mass is 127. The summed E-state index contributed by atoms with van der Waals surface area (Å²) in [6.45, 7) is 2.06. The average molecular weight is 407 g/mol. The van der Waals surface area contributed by atoms with E-state index in [1.54, 1.807) is 11.3 Å². The van der Waals surface area contributed by atoms with Crippen LogP contribution in [-0.2, 0) is 0 Å². The zero-order valence-electron chi connectivity index (χ0n) is 5.52. The van der Waals surface area contributed by atoms with Crippen LogP contribution in [0.15, 0.2) is 0 Å². The molecular formula is C6H3I2NS2. The Balaban J connectivity index is 2.92. The SMILES string of the molecule is Cc1nc2c(I)sc(I)c2s1. The third kappa shape index (κ3) is 1.44. The first-order valence-electron chi connectivity index (χ1n) is 2.89. The number of fused-ring (bicyclic) bond motifs is 1. The Labute approximate surface area is 99.5 Å². The summed E-state index contributed by atoms with van der Waals surface area (Å²) < 4.78 is 4.04. The van der Waals surface area contributed by atoms with Crippen LogP contribution in [-0.4, -0.2) is 4.98 Å². The van der Waals surface area contributed by atoms with Crippen LogP contribution in [0.1, 0.15) is 5.01 Å². The van der Waals surface area contributed by atoms with Gasteiger partial charge < -0.3 is 0 Å². The molecule has 0 atom stereocenters. The van der Waals surface area contributed by atoms with Crippen molar-refractivity contribution in [2.75, 3.05) is 0 Å². The molecule has 0 aliphatic carbocycles. The van der Waals surface area contributed by atoms with Crippen molar-refractivity contribution in [1.29, 1.82) is 0 Å². The van der Waals surface area contributed by atoms with Crippen molar-refractivity contribution >= 4 is 78.1 Å². The molecule has 2 aromatic heterocycles. The van der Waals surface area contributed by atoms with Crippen molar-refractivity contribution in [1.82, 2.24) is 4.98 Å². The van der Waals surface area contributed by atoms with E-state index in [9.17, 15) is 0 Å². The fourth-order valence-corrected chi connectivity index (χ4v) is 6.27. The first kappa shape index (κ1) is 8.64. The minimum absolute atomic E-state index is 1.17. The predicted molar refractivity (Wildman–Crippen MR) is 67.7 cm³/mol. The molecule has 2 aromatic rings. The quantitative estimate of drug-likeness (QED) is 0.605. The summed E-state index contributed by atoms with van der Waals surface area (Å²) in [5.74, 6) is 0. The van der Waals surface area contributed by atoms with Gasteiger partial charge in [0.25, 0.3) is 0 Å². The van der Waals surface area contributed by atoms with Crippen LogP contribution >= 0.6 is 67.9 Å². The third-order valence-electron chi connectivity index (χ3n) is 1.28. The normalized spacial score (nSPS) is 11.2. The van der Waals surface area contributed by atoms with Gasteiger partial charge in [-0.15, -0.1) is 22.7 Å². The molecule has 5 heteroatoms. The maximum absolute atomic E-state index is 4.45. The second kappa shape index (κ2) is 3.08. The van der Waals surface area contributed by atoms with Crippen LogP contribution in [0.5, 0.6) is 0 Å². The summed E-state index contributed by atoms with van der Waals surface area (Å²) in [6.07, 6.45) is 0. The van der Waals surface area contributed by atoms with Gasteiger partial charge in [-0.1, -0.05) is 0 Å².